The smallest absolute Gasteiger partial charge is 0.407 e. The van der Waals surface area contributed by atoms with E-state index in [-0.39, 0.29) is 35.7 Å². The number of anilines is 2. The Morgan fingerprint density at radius 1 is 1.05 bits per heavy atom. The van der Waals surface area contributed by atoms with Gasteiger partial charge in [-0.3, -0.25) is 9.59 Å². The molecule has 208 valence electrons. The molecule has 0 unspecified atom stereocenters. The van der Waals surface area contributed by atoms with Crippen molar-refractivity contribution in [1.29, 1.82) is 0 Å². The zero-order valence-corrected chi connectivity index (χ0v) is 22.3. The van der Waals surface area contributed by atoms with E-state index in [0.29, 0.717) is 23.0 Å². The monoisotopic (exact) mass is 542 g/mol. The van der Waals surface area contributed by atoms with Crippen LogP contribution in [0.3, 0.4) is 0 Å². The van der Waals surface area contributed by atoms with E-state index >= 15 is 0 Å². The third-order valence-corrected chi connectivity index (χ3v) is 5.32. The number of pyridine rings is 1. The lowest BCUT2D eigenvalue weighted by Gasteiger charge is -2.19. The topological polar surface area (TPSA) is 148 Å². The fourth-order valence-corrected chi connectivity index (χ4v) is 3.60. The summed E-state index contributed by atoms with van der Waals surface area (Å²) in [6.07, 6.45) is -0.162. The van der Waals surface area contributed by atoms with Gasteiger partial charge >= 0.3 is 12.1 Å². The second-order valence-electron chi connectivity index (χ2n) is 9.47. The molecule has 11 nitrogen and oxygen atoms in total. The van der Waals surface area contributed by atoms with Crippen molar-refractivity contribution in [2.24, 2.45) is 0 Å². The number of rotatable bonds is 9. The van der Waals surface area contributed by atoms with E-state index in [1.54, 1.807) is 27.8 Å². The number of nitrogens with one attached hydrogen (secondary N) is 4. The summed E-state index contributed by atoms with van der Waals surface area (Å²) in [6.45, 7) is 5.66. The van der Waals surface area contributed by atoms with Gasteiger partial charge in [0.15, 0.2) is 0 Å². The molecule has 39 heavy (non-hydrogen) atoms. The first-order chi connectivity index (χ1) is 18.4. The molecule has 3 rings (SSSR count). The average molecular weight is 543 g/mol. The molecule has 0 radical (unpaired) electrons. The molecule has 1 heterocycles. The van der Waals surface area contributed by atoms with E-state index in [2.05, 4.69) is 20.9 Å². The molecule has 2 aromatic carbocycles. The molecule has 0 saturated carbocycles. The summed E-state index contributed by atoms with van der Waals surface area (Å²) in [5.41, 5.74) is -0.426. The Morgan fingerprint density at radius 2 is 1.79 bits per heavy atom. The van der Waals surface area contributed by atoms with Crippen molar-refractivity contribution in [3.05, 3.63) is 63.7 Å². The van der Waals surface area contributed by atoms with Gasteiger partial charge in [-0.1, -0.05) is 0 Å². The molecule has 1 aromatic heterocycles. The highest BCUT2D eigenvalue weighted by Crippen LogP contribution is 2.26. The maximum Gasteiger partial charge on any atom is 0.407 e. The number of halogens is 1. The van der Waals surface area contributed by atoms with Crippen LogP contribution in [0, 0.1) is 5.82 Å². The lowest BCUT2D eigenvalue weighted by molar-refractivity contribution is 0.0525. The van der Waals surface area contributed by atoms with Crippen LogP contribution in [-0.4, -0.2) is 55.9 Å². The first-order valence-electron chi connectivity index (χ1n) is 12.1. The van der Waals surface area contributed by atoms with Crippen LogP contribution in [0.1, 0.15) is 47.9 Å². The molecule has 0 aliphatic carbocycles. The van der Waals surface area contributed by atoms with Gasteiger partial charge in [0.1, 0.15) is 28.3 Å². The lowest BCUT2D eigenvalue weighted by atomic mass is 10.1. The largest absolute Gasteiger partial charge is 0.493 e. The van der Waals surface area contributed by atoms with Crippen LogP contribution in [0.15, 0.2) is 41.2 Å². The second-order valence-corrected chi connectivity index (χ2v) is 9.47. The van der Waals surface area contributed by atoms with E-state index in [4.69, 9.17) is 14.2 Å². The summed E-state index contributed by atoms with van der Waals surface area (Å²) in [7, 11) is 2.81. The summed E-state index contributed by atoms with van der Waals surface area (Å²) in [6, 6.07) is 8.02. The Hall–Kier alpha value is -4.61. The molecular formula is C27H31FN4O7. The maximum absolute atomic E-state index is 14.0. The number of benzene rings is 2. The van der Waals surface area contributed by atoms with Crippen LogP contribution in [0.4, 0.5) is 20.6 Å². The van der Waals surface area contributed by atoms with Gasteiger partial charge in [0.25, 0.3) is 11.5 Å². The van der Waals surface area contributed by atoms with E-state index in [9.17, 15) is 23.6 Å². The number of aromatic amines is 1. The van der Waals surface area contributed by atoms with Gasteiger partial charge in [0, 0.05) is 30.7 Å². The highest BCUT2D eigenvalue weighted by Gasteiger charge is 2.18. The summed E-state index contributed by atoms with van der Waals surface area (Å²) < 4.78 is 29.7. The van der Waals surface area contributed by atoms with E-state index < -0.39 is 34.9 Å². The summed E-state index contributed by atoms with van der Waals surface area (Å²) in [5.74, 6) is -1.80. The number of hydrogen-bond donors (Lipinski definition) is 4. The molecule has 0 fully saturated rings. The molecule has 0 atom stereocenters. The average Bonchev–Trinajstić information content (AvgIpc) is 2.86. The lowest BCUT2D eigenvalue weighted by Crippen LogP contribution is -2.33. The van der Waals surface area contributed by atoms with Crippen LogP contribution >= 0.6 is 0 Å². The number of ether oxygens (including phenoxy) is 3. The Kier molecular flexibility index (Phi) is 9.12. The molecule has 0 saturated heterocycles. The van der Waals surface area contributed by atoms with Crippen molar-refractivity contribution >= 4 is 40.2 Å². The molecule has 3 aromatic rings. The van der Waals surface area contributed by atoms with Crippen molar-refractivity contribution in [3.63, 3.8) is 0 Å². The van der Waals surface area contributed by atoms with Gasteiger partial charge in [-0.15, -0.1) is 0 Å². The number of hydrogen-bond acceptors (Lipinski definition) is 8. The normalized spacial score (nSPS) is 11.0. The minimum Gasteiger partial charge on any atom is -0.493 e. The van der Waals surface area contributed by atoms with Crippen molar-refractivity contribution in [3.8, 4) is 5.75 Å². The third-order valence-electron chi connectivity index (χ3n) is 5.32. The molecule has 0 aliphatic heterocycles. The highest BCUT2D eigenvalue weighted by molar-refractivity contribution is 6.07. The van der Waals surface area contributed by atoms with Crippen molar-refractivity contribution in [1.82, 2.24) is 10.3 Å². The van der Waals surface area contributed by atoms with Gasteiger partial charge in [-0.05, 0) is 57.5 Å². The number of amides is 2. The summed E-state index contributed by atoms with van der Waals surface area (Å²) >= 11 is 0. The van der Waals surface area contributed by atoms with Crippen molar-refractivity contribution in [2.75, 3.05) is 37.9 Å². The molecule has 12 heteroatoms. The third kappa shape index (κ3) is 7.69. The highest BCUT2D eigenvalue weighted by atomic mass is 19.1. The minimum absolute atomic E-state index is 0.120. The molecule has 0 spiro atoms. The minimum atomic E-state index is -0.744. The van der Waals surface area contributed by atoms with Gasteiger partial charge < -0.3 is 35.1 Å². The first kappa shape index (κ1) is 29.0. The maximum atomic E-state index is 14.0. The number of aromatic nitrogens is 1. The number of esters is 1. The molecule has 0 aliphatic rings. The van der Waals surface area contributed by atoms with Gasteiger partial charge in [0.05, 0.1) is 24.9 Å². The van der Waals surface area contributed by atoms with Gasteiger partial charge in [0.2, 0.25) is 0 Å². The summed E-state index contributed by atoms with van der Waals surface area (Å²) in [5, 5.41) is 8.33. The zero-order valence-electron chi connectivity index (χ0n) is 22.3. The quantitative estimate of drug-likeness (QED) is 0.234. The van der Waals surface area contributed by atoms with E-state index in [0.717, 1.165) is 0 Å². The number of fused-ring (bicyclic) bond motifs is 1. The Balaban J connectivity index is 1.74. The summed E-state index contributed by atoms with van der Waals surface area (Å²) in [4.78, 5) is 52.1. The molecule has 2 amide bonds. The van der Waals surface area contributed by atoms with Gasteiger partial charge in [-0.25, -0.2) is 14.0 Å². The fraction of sp³-hybridized carbons (Fsp3) is 0.333. The number of H-pyrrole nitrogens is 1. The second kappa shape index (κ2) is 12.3. The molecule has 4 N–H and O–H groups in total. The Bertz CT molecular complexity index is 1450. The Labute approximate surface area is 224 Å². The van der Waals surface area contributed by atoms with Crippen molar-refractivity contribution < 1.29 is 33.0 Å². The number of carbonyl (C=O) groups is 3. The van der Waals surface area contributed by atoms with Gasteiger partial charge in [-0.2, -0.15) is 0 Å². The van der Waals surface area contributed by atoms with E-state index in [1.165, 1.54) is 43.5 Å². The van der Waals surface area contributed by atoms with Crippen molar-refractivity contribution in [2.45, 2.75) is 32.8 Å². The van der Waals surface area contributed by atoms with Crippen LogP contribution in [0.25, 0.3) is 10.9 Å². The van der Waals surface area contributed by atoms with Crippen LogP contribution in [0.5, 0.6) is 5.75 Å². The van der Waals surface area contributed by atoms with Crippen LogP contribution in [0.2, 0.25) is 0 Å². The SMILES string of the molecule is CNc1cc(F)cc2cc(C(=O)Nc3ccc(C(=O)OC)c(OCCCNC(=O)OC(C)(C)C)c3)c(=O)[nH]c12. The van der Waals surface area contributed by atoms with Crippen LogP contribution in [-0.2, 0) is 9.47 Å². The zero-order chi connectivity index (χ0) is 28.7. The molecule has 0 bridgehead atoms. The number of methoxy groups -OCH3 is 1. The van der Waals surface area contributed by atoms with Crippen LogP contribution < -0.4 is 26.2 Å². The van der Waals surface area contributed by atoms with E-state index in [1.807, 2.05) is 0 Å². The fourth-order valence-electron chi connectivity index (χ4n) is 3.60. The Morgan fingerprint density at radius 3 is 2.46 bits per heavy atom. The molecular weight excluding hydrogens is 511 g/mol. The predicted molar refractivity (Wildman–Crippen MR) is 144 cm³/mol. The number of carbonyl (C=O) groups excluding carboxylic acids is 3. The predicted octanol–water partition coefficient (Wildman–Crippen LogP) is 4.04. The standard InChI is InChI=1S/C27H31FN4O7/c1-27(2,3)39-26(36)30-9-6-10-38-21-14-17(7-8-18(21)25(35)37-5)31-23(33)19-12-15-11-16(28)13-20(29-4)22(15)32-24(19)34/h7-8,11-14,29H,6,9-10H2,1-5H3,(H,30,36)(H,31,33)(H,32,34). The first-order valence-corrected chi connectivity index (χ1v) is 12.1. The number of alkyl carbamates (subject to hydrolysis) is 1.